The average molecular weight is 342 g/mol. The minimum absolute atomic E-state index is 0.302. The van der Waals surface area contributed by atoms with Gasteiger partial charge in [0.1, 0.15) is 5.75 Å². The fourth-order valence-corrected chi connectivity index (χ4v) is 3.07. The highest BCUT2D eigenvalue weighted by Crippen LogP contribution is 2.36. The number of hydrogen-bond donors (Lipinski definition) is 1. The van der Waals surface area contributed by atoms with E-state index < -0.39 is 0 Å². The van der Waals surface area contributed by atoms with Gasteiger partial charge < -0.3 is 14.8 Å². The zero-order valence-electron chi connectivity index (χ0n) is 12.3. The van der Waals surface area contributed by atoms with Crippen LogP contribution in [0.3, 0.4) is 0 Å². The van der Waals surface area contributed by atoms with Gasteiger partial charge in [0.25, 0.3) is 0 Å². The van der Waals surface area contributed by atoms with Gasteiger partial charge in [-0.05, 0) is 44.5 Å². The summed E-state index contributed by atoms with van der Waals surface area (Å²) >= 11 is 3.58. The lowest BCUT2D eigenvalue weighted by Gasteiger charge is -2.26. The number of hydrogen-bond acceptors (Lipinski definition) is 3. The van der Waals surface area contributed by atoms with Gasteiger partial charge in [0, 0.05) is 28.6 Å². The van der Waals surface area contributed by atoms with E-state index in [1.54, 1.807) is 0 Å². The molecule has 0 aromatic heterocycles. The molecule has 1 aliphatic rings. The van der Waals surface area contributed by atoms with Crippen molar-refractivity contribution in [3.63, 3.8) is 0 Å². The van der Waals surface area contributed by atoms with Crippen LogP contribution >= 0.6 is 15.9 Å². The van der Waals surface area contributed by atoms with Gasteiger partial charge in [-0.2, -0.15) is 0 Å². The van der Waals surface area contributed by atoms with E-state index in [9.17, 15) is 0 Å². The SMILES string of the molecule is CCCNC(c1cc(Br)ccc1OCC)C1CCOC1. The summed E-state index contributed by atoms with van der Waals surface area (Å²) in [5, 5.41) is 3.67. The van der Waals surface area contributed by atoms with Crippen molar-refractivity contribution in [1.82, 2.24) is 5.32 Å². The van der Waals surface area contributed by atoms with Crippen LogP contribution < -0.4 is 10.1 Å². The van der Waals surface area contributed by atoms with Crippen LogP contribution in [0.25, 0.3) is 0 Å². The first kappa shape index (κ1) is 15.8. The molecule has 2 unspecified atom stereocenters. The number of halogens is 1. The molecule has 20 heavy (non-hydrogen) atoms. The van der Waals surface area contributed by atoms with Crippen LogP contribution in [-0.4, -0.2) is 26.4 Å². The maximum atomic E-state index is 5.81. The summed E-state index contributed by atoms with van der Waals surface area (Å²) in [6.45, 7) is 7.63. The normalized spacial score (nSPS) is 20.1. The third-order valence-corrected chi connectivity index (χ3v) is 4.15. The van der Waals surface area contributed by atoms with Gasteiger partial charge in [0.05, 0.1) is 13.2 Å². The molecule has 2 rings (SSSR count). The summed E-state index contributed by atoms with van der Waals surface area (Å²) in [7, 11) is 0. The molecule has 1 aromatic rings. The third kappa shape index (κ3) is 3.96. The Bertz CT molecular complexity index is 419. The first-order chi connectivity index (χ1) is 9.76. The van der Waals surface area contributed by atoms with E-state index in [0.717, 1.165) is 42.8 Å². The molecule has 1 aliphatic heterocycles. The predicted octanol–water partition coefficient (Wildman–Crippen LogP) is 3.93. The monoisotopic (exact) mass is 341 g/mol. The molecule has 112 valence electrons. The second kappa shape index (κ2) is 8.01. The highest BCUT2D eigenvalue weighted by molar-refractivity contribution is 9.10. The Morgan fingerprint density at radius 2 is 2.30 bits per heavy atom. The number of ether oxygens (including phenoxy) is 2. The van der Waals surface area contributed by atoms with Gasteiger partial charge in [-0.15, -0.1) is 0 Å². The minimum Gasteiger partial charge on any atom is -0.494 e. The molecule has 0 aliphatic carbocycles. The molecule has 1 saturated heterocycles. The minimum atomic E-state index is 0.302. The summed E-state index contributed by atoms with van der Waals surface area (Å²) < 4.78 is 12.5. The highest BCUT2D eigenvalue weighted by atomic mass is 79.9. The molecule has 0 amide bonds. The lowest BCUT2D eigenvalue weighted by Crippen LogP contribution is -2.29. The molecule has 0 bridgehead atoms. The maximum Gasteiger partial charge on any atom is 0.124 e. The van der Waals surface area contributed by atoms with Gasteiger partial charge >= 0.3 is 0 Å². The molecule has 1 aromatic carbocycles. The van der Waals surface area contributed by atoms with E-state index in [1.165, 1.54) is 5.56 Å². The van der Waals surface area contributed by atoms with Crippen molar-refractivity contribution >= 4 is 15.9 Å². The Morgan fingerprint density at radius 1 is 1.45 bits per heavy atom. The molecule has 1 heterocycles. The van der Waals surface area contributed by atoms with Gasteiger partial charge in [0.15, 0.2) is 0 Å². The van der Waals surface area contributed by atoms with Crippen molar-refractivity contribution in [2.75, 3.05) is 26.4 Å². The molecular formula is C16H24BrNO2. The first-order valence-electron chi connectivity index (χ1n) is 7.49. The van der Waals surface area contributed by atoms with Crippen molar-refractivity contribution in [3.05, 3.63) is 28.2 Å². The number of benzene rings is 1. The zero-order chi connectivity index (χ0) is 14.4. The van der Waals surface area contributed by atoms with E-state index >= 15 is 0 Å². The summed E-state index contributed by atoms with van der Waals surface area (Å²) in [6, 6.07) is 6.57. The van der Waals surface area contributed by atoms with Gasteiger partial charge in [-0.3, -0.25) is 0 Å². The Labute approximate surface area is 130 Å². The Kier molecular flexibility index (Phi) is 6.33. The lowest BCUT2D eigenvalue weighted by molar-refractivity contribution is 0.176. The largest absolute Gasteiger partial charge is 0.494 e. The van der Waals surface area contributed by atoms with Crippen molar-refractivity contribution in [3.8, 4) is 5.75 Å². The van der Waals surface area contributed by atoms with Gasteiger partial charge in [0.2, 0.25) is 0 Å². The van der Waals surface area contributed by atoms with Crippen molar-refractivity contribution in [1.29, 1.82) is 0 Å². The summed E-state index contributed by atoms with van der Waals surface area (Å²) in [4.78, 5) is 0. The fraction of sp³-hybridized carbons (Fsp3) is 0.625. The lowest BCUT2D eigenvalue weighted by atomic mass is 9.91. The maximum absolute atomic E-state index is 5.81. The summed E-state index contributed by atoms with van der Waals surface area (Å²) in [6.07, 6.45) is 2.24. The van der Waals surface area contributed by atoms with E-state index in [1.807, 2.05) is 13.0 Å². The van der Waals surface area contributed by atoms with Crippen LogP contribution in [0.4, 0.5) is 0 Å². The van der Waals surface area contributed by atoms with E-state index in [2.05, 4.69) is 40.3 Å². The first-order valence-corrected chi connectivity index (χ1v) is 8.29. The van der Waals surface area contributed by atoms with E-state index in [-0.39, 0.29) is 0 Å². The topological polar surface area (TPSA) is 30.5 Å². The molecular weight excluding hydrogens is 318 g/mol. The van der Waals surface area contributed by atoms with Crippen molar-refractivity contribution in [2.45, 2.75) is 32.7 Å². The smallest absolute Gasteiger partial charge is 0.124 e. The molecule has 1 N–H and O–H groups in total. The van der Waals surface area contributed by atoms with Crippen LogP contribution in [0.15, 0.2) is 22.7 Å². The van der Waals surface area contributed by atoms with Gasteiger partial charge in [-0.25, -0.2) is 0 Å². The molecule has 0 saturated carbocycles. The van der Waals surface area contributed by atoms with E-state index in [0.29, 0.717) is 18.6 Å². The van der Waals surface area contributed by atoms with Gasteiger partial charge in [-0.1, -0.05) is 22.9 Å². The highest BCUT2D eigenvalue weighted by Gasteiger charge is 2.28. The Balaban J connectivity index is 2.27. The van der Waals surface area contributed by atoms with Crippen LogP contribution in [0.5, 0.6) is 5.75 Å². The van der Waals surface area contributed by atoms with E-state index in [4.69, 9.17) is 9.47 Å². The molecule has 3 nitrogen and oxygen atoms in total. The standard InChI is InChI=1S/C16H24BrNO2/c1-3-8-18-16(12-7-9-19-11-12)14-10-13(17)5-6-15(14)20-4-2/h5-6,10,12,16,18H,3-4,7-9,11H2,1-2H3. The molecule has 0 spiro atoms. The number of rotatable bonds is 7. The zero-order valence-corrected chi connectivity index (χ0v) is 13.9. The molecule has 0 radical (unpaired) electrons. The number of nitrogens with one attached hydrogen (secondary N) is 1. The molecule has 2 atom stereocenters. The third-order valence-electron chi connectivity index (χ3n) is 3.66. The quantitative estimate of drug-likeness (QED) is 0.815. The molecule has 1 fully saturated rings. The van der Waals surface area contributed by atoms with Crippen LogP contribution in [0, 0.1) is 5.92 Å². The van der Waals surface area contributed by atoms with Crippen molar-refractivity contribution in [2.24, 2.45) is 5.92 Å². The Morgan fingerprint density at radius 3 is 2.95 bits per heavy atom. The van der Waals surface area contributed by atoms with Crippen LogP contribution in [-0.2, 0) is 4.74 Å². The summed E-state index contributed by atoms with van der Waals surface area (Å²) in [5.41, 5.74) is 1.24. The van der Waals surface area contributed by atoms with Crippen molar-refractivity contribution < 1.29 is 9.47 Å². The molecule has 4 heteroatoms. The predicted molar refractivity (Wildman–Crippen MR) is 85.3 cm³/mol. The fourth-order valence-electron chi connectivity index (χ4n) is 2.70. The van der Waals surface area contributed by atoms with Crippen LogP contribution in [0.1, 0.15) is 38.3 Å². The summed E-state index contributed by atoms with van der Waals surface area (Å²) in [5.74, 6) is 1.51. The second-order valence-electron chi connectivity index (χ2n) is 5.17. The second-order valence-corrected chi connectivity index (χ2v) is 6.09. The average Bonchev–Trinajstić information content (AvgIpc) is 2.96. The van der Waals surface area contributed by atoms with Crippen LogP contribution in [0.2, 0.25) is 0 Å². The Hall–Kier alpha value is -0.580.